The average molecular weight is 209 g/mol. The summed E-state index contributed by atoms with van der Waals surface area (Å²) in [6.45, 7) is 5.08. The minimum absolute atomic E-state index is 0.976. The van der Waals surface area contributed by atoms with Crippen LogP contribution in [0.5, 0.6) is 0 Å². The van der Waals surface area contributed by atoms with Crippen molar-refractivity contribution in [3.05, 3.63) is 0 Å². The van der Waals surface area contributed by atoms with Gasteiger partial charge in [0.15, 0.2) is 0 Å². The summed E-state index contributed by atoms with van der Waals surface area (Å²) in [6.07, 6.45) is 13.2. The van der Waals surface area contributed by atoms with Crippen LogP contribution in [0.3, 0.4) is 0 Å². The molecular formula is C14H27N. The van der Waals surface area contributed by atoms with Gasteiger partial charge in [0, 0.05) is 6.04 Å². The minimum Gasteiger partial charge on any atom is -0.300 e. The van der Waals surface area contributed by atoms with Crippen LogP contribution in [0.2, 0.25) is 0 Å². The fourth-order valence-electron chi connectivity index (χ4n) is 3.57. The van der Waals surface area contributed by atoms with Crippen molar-refractivity contribution in [3.8, 4) is 0 Å². The zero-order valence-corrected chi connectivity index (χ0v) is 10.4. The number of likely N-dealkylation sites (tertiary alicyclic amines) is 1. The number of hydrogen-bond acceptors (Lipinski definition) is 1. The third kappa shape index (κ3) is 2.96. The van der Waals surface area contributed by atoms with E-state index in [1.54, 1.807) is 0 Å². The molecule has 0 aromatic carbocycles. The first-order chi connectivity index (χ1) is 7.42. The molecule has 2 atom stereocenters. The van der Waals surface area contributed by atoms with Gasteiger partial charge in [-0.1, -0.05) is 32.6 Å². The van der Waals surface area contributed by atoms with E-state index in [0.717, 1.165) is 12.0 Å². The van der Waals surface area contributed by atoms with Gasteiger partial charge in [0.05, 0.1) is 0 Å². The molecule has 1 aliphatic heterocycles. The number of unbranched alkanes of at least 4 members (excludes halogenated alkanes) is 2. The van der Waals surface area contributed by atoms with E-state index in [9.17, 15) is 0 Å². The summed E-state index contributed by atoms with van der Waals surface area (Å²) in [5.74, 6) is 1.06. The molecule has 0 radical (unpaired) electrons. The van der Waals surface area contributed by atoms with Crippen molar-refractivity contribution < 1.29 is 0 Å². The van der Waals surface area contributed by atoms with Crippen LogP contribution in [0.1, 0.15) is 64.7 Å². The van der Waals surface area contributed by atoms with Crippen molar-refractivity contribution in [1.29, 1.82) is 0 Å². The van der Waals surface area contributed by atoms with E-state index < -0.39 is 0 Å². The fraction of sp³-hybridized carbons (Fsp3) is 1.00. The number of piperidine rings is 1. The third-order valence-electron chi connectivity index (χ3n) is 4.41. The van der Waals surface area contributed by atoms with Crippen LogP contribution in [0.25, 0.3) is 0 Å². The molecule has 1 aliphatic carbocycles. The van der Waals surface area contributed by atoms with Gasteiger partial charge in [-0.05, 0) is 51.1 Å². The average Bonchev–Trinajstić information content (AvgIpc) is 2.30. The van der Waals surface area contributed by atoms with Crippen LogP contribution in [0.15, 0.2) is 0 Å². The lowest BCUT2D eigenvalue weighted by atomic mass is 9.78. The van der Waals surface area contributed by atoms with Gasteiger partial charge in [-0.25, -0.2) is 0 Å². The van der Waals surface area contributed by atoms with Crippen molar-refractivity contribution in [1.82, 2.24) is 4.90 Å². The van der Waals surface area contributed by atoms with Crippen LogP contribution in [-0.4, -0.2) is 24.0 Å². The van der Waals surface area contributed by atoms with Gasteiger partial charge < -0.3 is 4.90 Å². The van der Waals surface area contributed by atoms with Gasteiger partial charge in [-0.3, -0.25) is 0 Å². The fourth-order valence-corrected chi connectivity index (χ4v) is 3.57. The first-order valence-electron chi connectivity index (χ1n) is 7.16. The molecule has 1 saturated carbocycles. The van der Waals surface area contributed by atoms with E-state index in [4.69, 9.17) is 0 Å². The highest BCUT2D eigenvalue weighted by molar-refractivity contribution is 4.87. The summed E-state index contributed by atoms with van der Waals surface area (Å²) < 4.78 is 0. The van der Waals surface area contributed by atoms with Crippen LogP contribution >= 0.6 is 0 Å². The van der Waals surface area contributed by atoms with E-state index in [0.29, 0.717) is 0 Å². The molecule has 0 aromatic heterocycles. The standard InChI is InChI=1S/C14H27N/c1-2-3-6-11-15-12-7-9-13-8-4-5-10-14(13)15/h13-14H,2-12H2,1H3. The Hall–Kier alpha value is -0.0400. The molecule has 0 amide bonds. The van der Waals surface area contributed by atoms with Gasteiger partial charge in [0.2, 0.25) is 0 Å². The van der Waals surface area contributed by atoms with Gasteiger partial charge in [0.1, 0.15) is 0 Å². The van der Waals surface area contributed by atoms with E-state index in [2.05, 4.69) is 11.8 Å². The maximum Gasteiger partial charge on any atom is 0.0123 e. The topological polar surface area (TPSA) is 3.24 Å². The second-order valence-electron chi connectivity index (χ2n) is 5.50. The number of nitrogens with zero attached hydrogens (tertiary/aromatic N) is 1. The second kappa shape index (κ2) is 5.89. The quantitative estimate of drug-likeness (QED) is 0.636. The van der Waals surface area contributed by atoms with E-state index in [1.165, 1.54) is 70.9 Å². The highest BCUT2D eigenvalue weighted by Crippen LogP contribution is 2.35. The highest BCUT2D eigenvalue weighted by atomic mass is 15.2. The zero-order chi connectivity index (χ0) is 10.5. The molecule has 2 rings (SSSR count). The lowest BCUT2D eigenvalue weighted by molar-refractivity contribution is 0.0596. The lowest BCUT2D eigenvalue weighted by Gasteiger charge is -2.44. The van der Waals surface area contributed by atoms with Gasteiger partial charge in [0.25, 0.3) is 0 Å². The van der Waals surface area contributed by atoms with E-state index in [-0.39, 0.29) is 0 Å². The summed E-state index contributed by atoms with van der Waals surface area (Å²) in [4.78, 5) is 2.82. The van der Waals surface area contributed by atoms with Gasteiger partial charge in [-0.15, -0.1) is 0 Å². The Kier molecular flexibility index (Phi) is 4.49. The van der Waals surface area contributed by atoms with Gasteiger partial charge in [-0.2, -0.15) is 0 Å². The van der Waals surface area contributed by atoms with E-state index in [1.807, 2.05) is 0 Å². The monoisotopic (exact) mass is 209 g/mol. The van der Waals surface area contributed by atoms with Crippen molar-refractivity contribution >= 4 is 0 Å². The largest absolute Gasteiger partial charge is 0.300 e. The van der Waals surface area contributed by atoms with Gasteiger partial charge >= 0.3 is 0 Å². The molecule has 0 N–H and O–H groups in total. The first-order valence-corrected chi connectivity index (χ1v) is 7.16. The smallest absolute Gasteiger partial charge is 0.0123 e. The third-order valence-corrected chi connectivity index (χ3v) is 4.41. The molecule has 2 aliphatic rings. The minimum atomic E-state index is 0.976. The molecule has 2 unspecified atom stereocenters. The molecule has 2 fully saturated rings. The Morgan fingerprint density at radius 3 is 2.67 bits per heavy atom. The van der Waals surface area contributed by atoms with Crippen molar-refractivity contribution in [2.75, 3.05) is 13.1 Å². The Morgan fingerprint density at radius 1 is 1.00 bits per heavy atom. The summed E-state index contributed by atoms with van der Waals surface area (Å²) >= 11 is 0. The predicted octanol–water partition coefficient (Wildman–Crippen LogP) is 3.83. The Balaban J connectivity index is 1.81. The van der Waals surface area contributed by atoms with Crippen molar-refractivity contribution in [3.63, 3.8) is 0 Å². The molecule has 0 bridgehead atoms. The van der Waals surface area contributed by atoms with Crippen LogP contribution in [-0.2, 0) is 0 Å². The molecule has 15 heavy (non-hydrogen) atoms. The second-order valence-corrected chi connectivity index (χ2v) is 5.50. The summed E-state index contributed by atoms with van der Waals surface area (Å²) in [6, 6.07) is 0.976. The first kappa shape index (κ1) is 11.4. The normalized spacial score (nSPS) is 32.6. The summed E-state index contributed by atoms with van der Waals surface area (Å²) in [7, 11) is 0. The summed E-state index contributed by atoms with van der Waals surface area (Å²) in [5, 5.41) is 0. The molecule has 88 valence electrons. The molecule has 1 nitrogen and oxygen atoms in total. The Bertz CT molecular complexity index is 176. The van der Waals surface area contributed by atoms with Crippen LogP contribution in [0, 0.1) is 5.92 Å². The number of rotatable bonds is 4. The number of hydrogen-bond donors (Lipinski definition) is 0. The Labute approximate surface area is 95.2 Å². The van der Waals surface area contributed by atoms with Crippen molar-refractivity contribution in [2.45, 2.75) is 70.8 Å². The molecule has 1 heterocycles. The van der Waals surface area contributed by atoms with E-state index >= 15 is 0 Å². The number of fused-ring (bicyclic) bond motifs is 1. The summed E-state index contributed by atoms with van der Waals surface area (Å²) in [5.41, 5.74) is 0. The SMILES string of the molecule is CCCCCN1CCCC2CCCCC21. The predicted molar refractivity (Wildman–Crippen MR) is 66.1 cm³/mol. The Morgan fingerprint density at radius 2 is 1.80 bits per heavy atom. The lowest BCUT2D eigenvalue weighted by Crippen LogP contribution is -2.46. The highest BCUT2D eigenvalue weighted by Gasteiger charge is 2.32. The zero-order valence-electron chi connectivity index (χ0n) is 10.4. The van der Waals surface area contributed by atoms with Crippen LogP contribution in [0.4, 0.5) is 0 Å². The molecule has 0 spiro atoms. The molecule has 1 heteroatoms. The molecular weight excluding hydrogens is 182 g/mol. The van der Waals surface area contributed by atoms with Crippen molar-refractivity contribution in [2.24, 2.45) is 5.92 Å². The molecule has 0 aromatic rings. The maximum absolute atomic E-state index is 2.82. The maximum atomic E-state index is 2.82. The molecule has 1 saturated heterocycles. The van der Waals surface area contributed by atoms with Crippen LogP contribution < -0.4 is 0 Å².